The summed E-state index contributed by atoms with van der Waals surface area (Å²) >= 11 is 0. The van der Waals surface area contributed by atoms with Gasteiger partial charge in [-0.25, -0.2) is 8.78 Å². The number of carbonyl (C=O) groups excluding carboxylic acids is 1. The topological polar surface area (TPSA) is 55.1 Å². The van der Waals surface area contributed by atoms with Crippen LogP contribution in [0.1, 0.15) is 13.8 Å². The molecule has 0 spiro atoms. The second kappa shape index (κ2) is 5.72. The Morgan fingerprint density at radius 2 is 1.88 bits per heavy atom. The fourth-order valence-corrected chi connectivity index (χ4v) is 1.52. The van der Waals surface area contributed by atoms with Gasteiger partial charge in [-0.05, 0) is 18.1 Å². The molecule has 0 fully saturated rings. The number of rotatable bonds is 4. The van der Waals surface area contributed by atoms with Crippen LogP contribution in [0.5, 0.6) is 0 Å². The summed E-state index contributed by atoms with van der Waals surface area (Å²) in [5.74, 6) is -2.51. The quantitative estimate of drug-likeness (QED) is 0.849. The normalized spacial score (nSPS) is 12.6. The van der Waals surface area contributed by atoms with E-state index in [1.54, 1.807) is 0 Å². The summed E-state index contributed by atoms with van der Waals surface area (Å²) in [6.07, 6.45) is 0. The average molecular weight is 242 g/mol. The molecule has 1 rings (SSSR count). The van der Waals surface area contributed by atoms with Gasteiger partial charge >= 0.3 is 0 Å². The van der Waals surface area contributed by atoms with Gasteiger partial charge < -0.3 is 11.1 Å². The fourth-order valence-electron chi connectivity index (χ4n) is 1.52. The SMILES string of the molecule is CC(C)C(CN)C(=O)Nc1c(F)cccc1F. The average Bonchev–Trinajstić information content (AvgIpc) is 2.24. The van der Waals surface area contributed by atoms with Crippen LogP contribution in [0.3, 0.4) is 0 Å². The molecule has 1 aromatic carbocycles. The van der Waals surface area contributed by atoms with Crippen LogP contribution in [0.2, 0.25) is 0 Å². The van der Waals surface area contributed by atoms with Crippen LogP contribution in [-0.2, 0) is 4.79 Å². The van der Waals surface area contributed by atoms with E-state index >= 15 is 0 Å². The number of benzene rings is 1. The maximum atomic E-state index is 13.3. The Balaban J connectivity index is 2.87. The summed E-state index contributed by atoms with van der Waals surface area (Å²) < 4.78 is 26.6. The van der Waals surface area contributed by atoms with E-state index in [4.69, 9.17) is 5.73 Å². The van der Waals surface area contributed by atoms with Crippen LogP contribution in [0.15, 0.2) is 18.2 Å². The van der Waals surface area contributed by atoms with Crippen molar-refractivity contribution in [1.82, 2.24) is 0 Å². The standard InChI is InChI=1S/C12H16F2N2O/c1-7(2)8(6-15)12(17)16-11-9(13)4-3-5-10(11)14/h3-5,7-8H,6,15H2,1-2H3,(H,16,17). The number of hydrogen-bond acceptors (Lipinski definition) is 2. The highest BCUT2D eigenvalue weighted by Gasteiger charge is 2.22. The Morgan fingerprint density at radius 1 is 1.35 bits per heavy atom. The van der Waals surface area contributed by atoms with Crippen molar-refractivity contribution in [1.29, 1.82) is 0 Å². The smallest absolute Gasteiger partial charge is 0.229 e. The largest absolute Gasteiger partial charge is 0.330 e. The summed E-state index contributed by atoms with van der Waals surface area (Å²) in [6, 6.07) is 3.42. The first-order valence-corrected chi connectivity index (χ1v) is 5.42. The molecule has 0 heterocycles. The first-order valence-electron chi connectivity index (χ1n) is 5.42. The van der Waals surface area contributed by atoms with Gasteiger partial charge in [-0.2, -0.15) is 0 Å². The van der Waals surface area contributed by atoms with Gasteiger partial charge in [-0.15, -0.1) is 0 Å². The molecule has 0 aliphatic heterocycles. The van der Waals surface area contributed by atoms with Crippen LogP contribution in [0, 0.1) is 23.5 Å². The lowest BCUT2D eigenvalue weighted by Crippen LogP contribution is -2.33. The fraction of sp³-hybridized carbons (Fsp3) is 0.417. The van der Waals surface area contributed by atoms with Gasteiger partial charge in [0.1, 0.15) is 17.3 Å². The third-order valence-electron chi connectivity index (χ3n) is 2.61. The number of nitrogens with two attached hydrogens (primary N) is 1. The number of halogens is 2. The Hall–Kier alpha value is -1.49. The molecule has 94 valence electrons. The van der Waals surface area contributed by atoms with Crippen molar-refractivity contribution in [2.75, 3.05) is 11.9 Å². The lowest BCUT2D eigenvalue weighted by Gasteiger charge is -2.18. The molecule has 0 aromatic heterocycles. The van der Waals surface area contributed by atoms with Crippen molar-refractivity contribution in [3.8, 4) is 0 Å². The van der Waals surface area contributed by atoms with Crippen molar-refractivity contribution in [3.05, 3.63) is 29.8 Å². The van der Waals surface area contributed by atoms with Gasteiger partial charge in [0.15, 0.2) is 0 Å². The van der Waals surface area contributed by atoms with Crippen molar-refractivity contribution in [3.63, 3.8) is 0 Å². The van der Waals surface area contributed by atoms with Gasteiger partial charge in [0, 0.05) is 6.54 Å². The van der Waals surface area contributed by atoms with E-state index in [1.807, 2.05) is 13.8 Å². The number of nitrogens with one attached hydrogen (secondary N) is 1. The van der Waals surface area contributed by atoms with E-state index in [-0.39, 0.29) is 12.5 Å². The minimum absolute atomic E-state index is 0.00911. The predicted molar refractivity (Wildman–Crippen MR) is 62.4 cm³/mol. The van der Waals surface area contributed by atoms with E-state index in [0.717, 1.165) is 12.1 Å². The molecule has 0 saturated heterocycles. The van der Waals surface area contributed by atoms with E-state index in [1.165, 1.54) is 6.07 Å². The second-order valence-corrected chi connectivity index (χ2v) is 4.17. The summed E-state index contributed by atoms with van der Waals surface area (Å²) in [4.78, 5) is 11.8. The summed E-state index contributed by atoms with van der Waals surface area (Å²) in [6.45, 7) is 3.79. The Morgan fingerprint density at radius 3 is 2.29 bits per heavy atom. The summed E-state index contributed by atoms with van der Waals surface area (Å²) in [7, 11) is 0. The van der Waals surface area contributed by atoms with E-state index in [9.17, 15) is 13.6 Å². The molecule has 0 radical (unpaired) electrons. The van der Waals surface area contributed by atoms with Crippen LogP contribution in [0.4, 0.5) is 14.5 Å². The van der Waals surface area contributed by atoms with E-state index in [0.29, 0.717) is 0 Å². The van der Waals surface area contributed by atoms with Crippen LogP contribution >= 0.6 is 0 Å². The van der Waals surface area contributed by atoms with Crippen LogP contribution < -0.4 is 11.1 Å². The lowest BCUT2D eigenvalue weighted by atomic mass is 9.95. The molecule has 3 N–H and O–H groups in total. The molecule has 1 aromatic rings. The predicted octanol–water partition coefficient (Wildman–Crippen LogP) is 2.13. The highest BCUT2D eigenvalue weighted by molar-refractivity contribution is 5.93. The van der Waals surface area contributed by atoms with Crippen molar-refractivity contribution < 1.29 is 13.6 Å². The van der Waals surface area contributed by atoms with E-state index < -0.39 is 29.1 Å². The zero-order valence-electron chi connectivity index (χ0n) is 9.84. The lowest BCUT2D eigenvalue weighted by molar-refractivity contribution is -0.120. The summed E-state index contributed by atoms with van der Waals surface area (Å²) in [5.41, 5.74) is 5.04. The second-order valence-electron chi connectivity index (χ2n) is 4.17. The Kier molecular flexibility index (Phi) is 4.57. The molecular weight excluding hydrogens is 226 g/mol. The molecular formula is C12H16F2N2O. The summed E-state index contributed by atoms with van der Waals surface area (Å²) in [5, 5.41) is 2.24. The highest BCUT2D eigenvalue weighted by Crippen LogP contribution is 2.20. The molecule has 17 heavy (non-hydrogen) atoms. The molecule has 0 bridgehead atoms. The molecule has 3 nitrogen and oxygen atoms in total. The Labute approximate surface area is 99.0 Å². The van der Waals surface area contributed by atoms with E-state index in [2.05, 4.69) is 5.32 Å². The molecule has 1 amide bonds. The van der Waals surface area contributed by atoms with Crippen molar-refractivity contribution in [2.45, 2.75) is 13.8 Å². The number of para-hydroxylation sites is 1. The number of carbonyl (C=O) groups is 1. The van der Waals surface area contributed by atoms with Gasteiger partial charge in [-0.3, -0.25) is 4.79 Å². The highest BCUT2D eigenvalue weighted by atomic mass is 19.1. The molecule has 1 atom stereocenters. The molecule has 1 unspecified atom stereocenters. The maximum absolute atomic E-state index is 13.3. The zero-order valence-corrected chi connectivity index (χ0v) is 9.84. The van der Waals surface area contributed by atoms with Crippen LogP contribution in [0.25, 0.3) is 0 Å². The number of amides is 1. The molecule has 0 aliphatic rings. The first kappa shape index (κ1) is 13.6. The van der Waals surface area contributed by atoms with Gasteiger partial charge in [0.05, 0.1) is 5.92 Å². The molecule has 0 saturated carbocycles. The first-order chi connectivity index (χ1) is 7.97. The minimum atomic E-state index is -0.794. The Bertz CT molecular complexity index is 387. The maximum Gasteiger partial charge on any atom is 0.229 e. The number of hydrogen-bond donors (Lipinski definition) is 2. The third kappa shape index (κ3) is 3.23. The van der Waals surface area contributed by atoms with Gasteiger partial charge in [-0.1, -0.05) is 19.9 Å². The third-order valence-corrected chi connectivity index (χ3v) is 2.61. The molecule has 0 aliphatic carbocycles. The monoisotopic (exact) mass is 242 g/mol. The van der Waals surface area contributed by atoms with Gasteiger partial charge in [0.2, 0.25) is 5.91 Å². The molecule has 5 heteroatoms. The van der Waals surface area contributed by atoms with Crippen molar-refractivity contribution in [2.24, 2.45) is 17.6 Å². The van der Waals surface area contributed by atoms with Crippen molar-refractivity contribution >= 4 is 11.6 Å². The zero-order chi connectivity index (χ0) is 13.0. The minimum Gasteiger partial charge on any atom is -0.330 e. The number of anilines is 1. The van der Waals surface area contributed by atoms with Gasteiger partial charge in [0.25, 0.3) is 0 Å². The van der Waals surface area contributed by atoms with Crippen LogP contribution in [-0.4, -0.2) is 12.5 Å².